The van der Waals surface area contributed by atoms with Crippen LogP contribution in [0.1, 0.15) is 31.9 Å². The average molecular weight is 256 g/mol. The summed E-state index contributed by atoms with van der Waals surface area (Å²) < 4.78 is 0. The molecule has 0 aliphatic rings. The molecule has 2 nitrogen and oxygen atoms in total. The summed E-state index contributed by atoms with van der Waals surface area (Å²) in [4.78, 5) is 0. The minimum atomic E-state index is -0.939. The third-order valence-corrected chi connectivity index (χ3v) is 3.78. The molecule has 0 amide bonds. The van der Waals surface area contributed by atoms with Gasteiger partial charge in [-0.25, -0.2) is 0 Å². The van der Waals surface area contributed by atoms with E-state index in [1.54, 1.807) is 0 Å². The maximum Gasteiger partial charge on any atom is 0.0857 e. The van der Waals surface area contributed by atoms with Gasteiger partial charge < -0.3 is 10.8 Å². The second kappa shape index (κ2) is 4.97. The summed E-state index contributed by atoms with van der Waals surface area (Å²) in [6.07, 6.45) is 0.478. The van der Waals surface area contributed by atoms with Crippen LogP contribution >= 0.6 is 11.6 Å². The fourth-order valence-electron chi connectivity index (χ4n) is 1.75. The lowest BCUT2D eigenvalue weighted by molar-refractivity contribution is -0.0490. The van der Waals surface area contributed by atoms with Crippen molar-refractivity contribution in [3.8, 4) is 0 Å². The summed E-state index contributed by atoms with van der Waals surface area (Å²) in [6, 6.07) is 5.88. The van der Waals surface area contributed by atoms with E-state index < -0.39 is 5.60 Å². The Balaban J connectivity index is 3.03. The van der Waals surface area contributed by atoms with Gasteiger partial charge in [0.2, 0.25) is 0 Å². The second-order valence-corrected chi connectivity index (χ2v) is 6.16. The molecule has 0 spiro atoms. The molecular formula is C14H22ClNO. The number of aliphatic hydroxyl groups is 1. The van der Waals surface area contributed by atoms with Crippen molar-refractivity contribution in [2.24, 2.45) is 11.1 Å². The number of hydrogen-bond donors (Lipinski definition) is 2. The molecule has 0 heterocycles. The van der Waals surface area contributed by atoms with Gasteiger partial charge in [-0.15, -0.1) is 0 Å². The average Bonchev–Trinajstić information content (AvgIpc) is 2.20. The monoisotopic (exact) mass is 255 g/mol. The van der Waals surface area contributed by atoms with Crippen LogP contribution in [-0.4, -0.2) is 17.3 Å². The fraction of sp³-hybridized carbons (Fsp3) is 0.571. The van der Waals surface area contributed by atoms with Crippen molar-refractivity contribution in [1.29, 1.82) is 0 Å². The normalized spacial score (nSPS) is 15.7. The molecule has 0 aliphatic heterocycles. The van der Waals surface area contributed by atoms with Gasteiger partial charge in [-0.1, -0.05) is 44.5 Å². The number of nitrogens with two attached hydrogens (primary N) is 1. The SMILES string of the molecule is Cc1ccc(CC(O)(CN)C(C)(C)C)c(Cl)c1. The molecule has 0 saturated carbocycles. The van der Waals surface area contributed by atoms with E-state index in [9.17, 15) is 5.11 Å². The van der Waals surface area contributed by atoms with Crippen LogP contribution in [0, 0.1) is 12.3 Å². The summed E-state index contributed by atoms with van der Waals surface area (Å²) >= 11 is 6.19. The van der Waals surface area contributed by atoms with E-state index in [1.165, 1.54) is 0 Å². The topological polar surface area (TPSA) is 46.2 Å². The molecule has 1 rings (SSSR count). The first-order chi connectivity index (χ1) is 7.69. The first-order valence-corrected chi connectivity index (χ1v) is 6.25. The first-order valence-electron chi connectivity index (χ1n) is 5.87. The van der Waals surface area contributed by atoms with E-state index in [1.807, 2.05) is 45.9 Å². The smallest absolute Gasteiger partial charge is 0.0857 e. The highest BCUT2D eigenvalue weighted by Gasteiger charge is 2.39. The Hall–Kier alpha value is -0.570. The van der Waals surface area contributed by atoms with E-state index >= 15 is 0 Å². The third-order valence-electron chi connectivity index (χ3n) is 3.43. The van der Waals surface area contributed by atoms with Crippen molar-refractivity contribution >= 4 is 11.6 Å². The quantitative estimate of drug-likeness (QED) is 0.872. The van der Waals surface area contributed by atoms with Gasteiger partial charge in [0.25, 0.3) is 0 Å². The summed E-state index contributed by atoms with van der Waals surface area (Å²) in [5.41, 5.74) is 6.57. The van der Waals surface area contributed by atoms with E-state index in [2.05, 4.69) is 0 Å². The van der Waals surface area contributed by atoms with Crippen LogP contribution in [0.15, 0.2) is 18.2 Å². The van der Waals surface area contributed by atoms with E-state index in [0.29, 0.717) is 11.4 Å². The van der Waals surface area contributed by atoms with Crippen molar-refractivity contribution < 1.29 is 5.11 Å². The van der Waals surface area contributed by atoms with Crippen LogP contribution in [0.4, 0.5) is 0 Å². The zero-order valence-electron chi connectivity index (χ0n) is 11.0. The Bertz CT molecular complexity index is 398. The standard InChI is InChI=1S/C14H22ClNO/c1-10-5-6-11(12(15)7-10)8-14(17,9-16)13(2,3)4/h5-7,17H,8-9,16H2,1-4H3. The maximum atomic E-state index is 10.6. The minimum absolute atomic E-state index is 0.223. The Morgan fingerprint density at radius 2 is 1.88 bits per heavy atom. The zero-order chi connectivity index (χ0) is 13.3. The van der Waals surface area contributed by atoms with Gasteiger partial charge in [0, 0.05) is 18.0 Å². The molecule has 0 aliphatic carbocycles. The van der Waals surface area contributed by atoms with Crippen molar-refractivity contribution in [3.63, 3.8) is 0 Å². The molecule has 17 heavy (non-hydrogen) atoms. The summed E-state index contributed by atoms with van der Waals surface area (Å²) in [5, 5.41) is 11.3. The third kappa shape index (κ3) is 3.21. The Labute approximate surface area is 109 Å². The van der Waals surface area contributed by atoms with E-state index in [-0.39, 0.29) is 12.0 Å². The highest BCUT2D eigenvalue weighted by molar-refractivity contribution is 6.31. The minimum Gasteiger partial charge on any atom is -0.388 e. The predicted octanol–water partition coefficient (Wildman–Crippen LogP) is 2.93. The van der Waals surface area contributed by atoms with E-state index in [0.717, 1.165) is 11.1 Å². The number of hydrogen-bond acceptors (Lipinski definition) is 2. The number of benzene rings is 1. The Morgan fingerprint density at radius 1 is 1.29 bits per heavy atom. The Morgan fingerprint density at radius 3 is 2.29 bits per heavy atom. The van der Waals surface area contributed by atoms with Gasteiger partial charge in [0.05, 0.1) is 5.60 Å². The molecule has 1 unspecified atom stereocenters. The van der Waals surface area contributed by atoms with Crippen molar-refractivity contribution in [2.75, 3.05) is 6.54 Å². The lowest BCUT2D eigenvalue weighted by atomic mass is 9.73. The first kappa shape index (κ1) is 14.5. The van der Waals surface area contributed by atoms with Gasteiger partial charge in [0.1, 0.15) is 0 Å². The highest BCUT2D eigenvalue weighted by atomic mass is 35.5. The van der Waals surface area contributed by atoms with Gasteiger partial charge in [0.15, 0.2) is 0 Å². The molecule has 0 saturated heterocycles. The maximum absolute atomic E-state index is 10.6. The predicted molar refractivity (Wildman–Crippen MR) is 73.4 cm³/mol. The molecule has 1 atom stereocenters. The molecule has 0 fully saturated rings. The van der Waals surface area contributed by atoms with Crippen LogP contribution in [0.3, 0.4) is 0 Å². The molecule has 96 valence electrons. The molecule has 0 radical (unpaired) electrons. The Kier molecular flexibility index (Phi) is 4.23. The fourth-order valence-corrected chi connectivity index (χ4v) is 2.06. The van der Waals surface area contributed by atoms with Gasteiger partial charge in [-0.3, -0.25) is 0 Å². The summed E-state index contributed by atoms with van der Waals surface area (Å²) in [5.74, 6) is 0. The van der Waals surface area contributed by atoms with Crippen molar-refractivity contribution in [1.82, 2.24) is 0 Å². The van der Waals surface area contributed by atoms with Crippen LogP contribution in [-0.2, 0) is 6.42 Å². The van der Waals surface area contributed by atoms with Crippen molar-refractivity contribution in [3.05, 3.63) is 34.3 Å². The number of aryl methyl sites for hydroxylation is 1. The van der Waals surface area contributed by atoms with Gasteiger partial charge >= 0.3 is 0 Å². The number of halogens is 1. The lowest BCUT2D eigenvalue weighted by Gasteiger charge is -2.39. The van der Waals surface area contributed by atoms with Crippen molar-refractivity contribution in [2.45, 2.75) is 39.7 Å². The summed E-state index contributed by atoms with van der Waals surface area (Å²) in [6.45, 7) is 8.18. The van der Waals surface area contributed by atoms with Gasteiger partial charge in [-0.2, -0.15) is 0 Å². The largest absolute Gasteiger partial charge is 0.388 e. The highest BCUT2D eigenvalue weighted by Crippen LogP contribution is 2.34. The van der Waals surface area contributed by atoms with Crippen LogP contribution < -0.4 is 5.73 Å². The molecule has 1 aromatic carbocycles. The zero-order valence-corrected chi connectivity index (χ0v) is 11.8. The van der Waals surface area contributed by atoms with Crippen LogP contribution in [0.5, 0.6) is 0 Å². The lowest BCUT2D eigenvalue weighted by Crippen LogP contribution is -2.50. The van der Waals surface area contributed by atoms with E-state index in [4.69, 9.17) is 17.3 Å². The molecule has 0 aromatic heterocycles. The number of rotatable bonds is 3. The molecule has 3 heteroatoms. The van der Waals surface area contributed by atoms with Crippen LogP contribution in [0.2, 0.25) is 5.02 Å². The molecular weight excluding hydrogens is 234 g/mol. The molecule has 1 aromatic rings. The molecule has 3 N–H and O–H groups in total. The van der Waals surface area contributed by atoms with Crippen LogP contribution in [0.25, 0.3) is 0 Å². The summed E-state index contributed by atoms with van der Waals surface area (Å²) in [7, 11) is 0. The molecule has 0 bridgehead atoms. The van der Waals surface area contributed by atoms with Gasteiger partial charge in [-0.05, 0) is 29.5 Å². The second-order valence-electron chi connectivity index (χ2n) is 5.76.